The number of nitrogens with zero attached hydrogens (tertiary/aromatic N) is 4. The van der Waals surface area contributed by atoms with Gasteiger partial charge in [-0.15, -0.1) is 0 Å². The Labute approximate surface area is 242 Å². The van der Waals surface area contributed by atoms with E-state index in [4.69, 9.17) is 15.0 Å². The van der Waals surface area contributed by atoms with E-state index in [0.717, 1.165) is 39.6 Å². The third-order valence-corrected chi connectivity index (χ3v) is 6.64. The number of anilines is 1. The van der Waals surface area contributed by atoms with Gasteiger partial charge in [0, 0.05) is 36.2 Å². The molecule has 5 aromatic rings. The van der Waals surface area contributed by atoms with Gasteiger partial charge in [-0.25, -0.2) is 4.98 Å². The first kappa shape index (κ1) is 27.9. The first-order valence-electron chi connectivity index (χ1n) is 13.9. The van der Waals surface area contributed by atoms with Crippen molar-refractivity contribution in [2.24, 2.45) is 5.41 Å². The molecule has 0 aliphatic heterocycles. The normalized spacial score (nSPS) is 11.4. The van der Waals surface area contributed by atoms with Crippen molar-refractivity contribution in [3.05, 3.63) is 132 Å². The van der Waals surface area contributed by atoms with Gasteiger partial charge in [0.1, 0.15) is 5.82 Å². The second-order valence-electron chi connectivity index (χ2n) is 11.1. The first-order chi connectivity index (χ1) is 19.8. The maximum Gasteiger partial charge on any atom is 0.230 e. The van der Waals surface area contributed by atoms with Crippen LogP contribution in [0.15, 0.2) is 115 Å². The molecule has 3 heterocycles. The monoisotopic (exact) mass is 541 g/mol. The van der Waals surface area contributed by atoms with Crippen LogP contribution < -0.4 is 5.32 Å². The molecular formula is C35H35N5O. The average Bonchev–Trinajstić information content (AvgIpc) is 2.98. The van der Waals surface area contributed by atoms with Crippen molar-refractivity contribution in [2.75, 3.05) is 5.32 Å². The lowest BCUT2D eigenvalue weighted by molar-refractivity contribution is -0.123. The summed E-state index contributed by atoms with van der Waals surface area (Å²) in [6.45, 7) is 7.45. The SMILES string of the molecule is CC(C)(C)C(=O)Nc1cccc(CN(Cc2cccc(-c3ccccc3)n2)Cc2cccc(-c3ccccc3)n2)n1. The molecule has 3 aromatic heterocycles. The van der Waals surface area contributed by atoms with Crippen LogP contribution in [0.5, 0.6) is 0 Å². The summed E-state index contributed by atoms with van der Waals surface area (Å²) in [5.74, 6) is 0.485. The number of hydrogen-bond donors (Lipinski definition) is 1. The summed E-state index contributed by atoms with van der Waals surface area (Å²) in [4.78, 5) is 29.6. The van der Waals surface area contributed by atoms with Crippen molar-refractivity contribution >= 4 is 11.7 Å². The van der Waals surface area contributed by atoms with Crippen LogP contribution in [0.1, 0.15) is 37.9 Å². The van der Waals surface area contributed by atoms with E-state index < -0.39 is 5.41 Å². The van der Waals surface area contributed by atoms with E-state index in [1.807, 2.05) is 87.5 Å². The Kier molecular flexibility index (Phi) is 8.61. The highest BCUT2D eigenvalue weighted by molar-refractivity contribution is 5.93. The molecule has 0 spiro atoms. The third kappa shape index (κ3) is 7.71. The fourth-order valence-electron chi connectivity index (χ4n) is 4.47. The highest BCUT2D eigenvalue weighted by Gasteiger charge is 2.22. The number of hydrogen-bond acceptors (Lipinski definition) is 5. The summed E-state index contributed by atoms with van der Waals surface area (Å²) >= 11 is 0. The molecule has 2 aromatic carbocycles. The van der Waals surface area contributed by atoms with E-state index in [9.17, 15) is 4.79 Å². The first-order valence-corrected chi connectivity index (χ1v) is 13.9. The number of aromatic nitrogens is 3. The van der Waals surface area contributed by atoms with Crippen LogP contribution >= 0.6 is 0 Å². The minimum absolute atomic E-state index is 0.0668. The summed E-state index contributed by atoms with van der Waals surface area (Å²) in [5, 5.41) is 2.95. The summed E-state index contributed by atoms with van der Waals surface area (Å²) in [5.41, 5.74) is 6.33. The molecule has 0 radical (unpaired) electrons. The van der Waals surface area contributed by atoms with Gasteiger partial charge in [-0.3, -0.25) is 19.7 Å². The Morgan fingerprint density at radius 1 is 0.585 bits per heavy atom. The molecule has 1 amide bonds. The van der Waals surface area contributed by atoms with Crippen LogP contribution in [0.25, 0.3) is 22.5 Å². The molecule has 0 saturated carbocycles. The van der Waals surface area contributed by atoms with Gasteiger partial charge in [-0.1, -0.05) is 99.6 Å². The van der Waals surface area contributed by atoms with Crippen LogP contribution in [-0.2, 0) is 24.4 Å². The highest BCUT2D eigenvalue weighted by atomic mass is 16.2. The van der Waals surface area contributed by atoms with Crippen molar-refractivity contribution in [3.8, 4) is 22.5 Å². The zero-order valence-corrected chi connectivity index (χ0v) is 23.8. The van der Waals surface area contributed by atoms with E-state index in [-0.39, 0.29) is 5.91 Å². The number of pyridine rings is 3. The quantitative estimate of drug-likeness (QED) is 0.211. The maximum absolute atomic E-state index is 12.6. The molecule has 0 fully saturated rings. The molecule has 0 aliphatic rings. The zero-order chi connectivity index (χ0) is 28.7. The molecule has 0 bridgehead atoms. The van der Waals surface area contributed by atoms with Crippen molar-refractivity contribution < 1.29 is 4.79 Å². The molecule has 1 N–H and O–H groups in total. The Bertz CT molecular complexity index is 1510. The lowest BCUT2D eigenvalue weighted by Crippen LogP contribution is -2.28. The van der Waals surface area contributed by atoms with Crippen molar-refractivity contribution in [3.63, 3.8) is 0 Å². The largest absolute Gasteiger partial charge is 0.310 e. The molecule has 5 rings (SSSR count). The van der Waals surface area contributed by atoms with E-state index in [1.165, 1.54) is 0 Å². The maximum atomic E-state index is 12.6. The lowest BCUT2D eigenvalue weighted by atomic mass is 9.96. The molecular weight excluding hydrogens is 506 g/mol. The fraction of sp³-hybridized carbons (Fsp3) is 0.200. The van der Waals surface area contributed by atoms with Crippen LogP contribution in [0.4, 0.5) is 5.82 Å². The molecule has 0 aliphatic carbocycles. The number of carbonyl (C=O) groups excluding carboxylic acids is 1. The van der Waals surface area contributed by atoms with Crippen molar-refractivity contribution in [1.82, 2.24) is 19.9 Å². The predicted octanol–water partition coefficient (Wildman–Crippen LogP) is 7.39. The van der Waals surface area contributed by atoms with E-state index in [0.29, 0.717) is 25.5 Å². The average molecular weight is 542 g/mol. The minimum Gasteiger partial charge on any atom is -0.310 e. The fourth-order valence-corrected chi connectivity index (χ4v) is 4.47. The highest BCUT2D eigenvalue weighted by Crippen LogP contribution is 2.21. The van der Waals surface area contributed by atoms with Gasteiger partial charge in [0.15, 0.2) is 0 Å². The Morgan fingerprint density at radius 2 is 1.02 bits per heavy atom. The van der Waals surface area contributed by atoms with Crippen molar-refractivity contribution in [1.29, 1.82) is 0 Å². The van der Waals surface area contributed by atoms with Crippen LogP contribution in [0.2, 0.25) is 0 Å². The van der Waals surface area contributed by atoms with Gasteiger partial charge in [0.05, 0.1) is 28.5 Å². The molecule has 206 valence electrons. The molecule has 0 saturated heterocycles. The van der Waals surface area contributed by atoms with Crippen LogP contribution in [0.3, 0.4) is 0 Å². The van der Waals surface area contributed by atoms with E-state index in [1.54, 1.807) is 0 Å². The Morgan fingerprint density at radius 3 is 1.49 bits per heavy atom. The number of benzene rings is 2. The van der Waals surface area contributed by atoms with E-state index >= 15 is 0 Å². The standard InChI is InChI=1S/C35H35N5O/c1-35(2,3)34(41)39-33-22-12-19-30(38-33)25-40(23-28-17-10-20-31(36-28)26-13-6-4-7-14-26)24-29-18-11-21-32(37-29)27-15-8-5-9-16-27/h4-22H,23-25H2,1-3H3,(H,38,39,41). The molecule has 6 nitrogen and oxygen atoms in total. The van der Waals surface area contributed by atoms with Crippen LogP contribution in [-0.4, -0.2) is 25.8 Å². The number of amides is 1. The topological polar surface area (TPSA) is 71.0 Å². The zero-order valence-electron chi connectivity index (χ0n) is 23.8. The molecule has 0 unspecified atom stereocenters. The second kappa shape index (κ2) is 12.7. The summed E-state index contributed by atoms with van der Waals surface area (Å²) in [6, 6.07) is 38.5. The van der Waals surface area contributed by atoms with Gasteiger partial charge in [-0.2, -0.15) is 0 Å². The minimum atomic E-state index is -0.505. The summed E-state index contributed by atoms with van der Waals surface area (Å²) < 4.78 is 0. The van der Waals surface area contributed by atoms with Gasteiger partial charge in [0.2, 0.25) is 5.91 Å². The number of nitrogens with one attached hydrogen (secondary N) is 1. The summed E-state index contributed by atoms with van der Waals surface area (Å²) in [6.07, 6.45) is 0. The lowest BCUT2D eigenvalue weighted by Gasteiger charge is -2.22. The van der Waals surface area contributed by atoms with Gasteiger partial charge in [0.25, 0.3) is 0 Å². The molecule has 0 atom stereocenters. The van der Waals surface area contributed by atoms with Crippen molar-refractivity contribution in [2.45, 2.75) is 40.4 Å². The smallest absolute Gasteiger partial charge is 0.230 e. The Hall–Kier alpha value is -4.68. The van der Waals surface area contributed by atoms with Gasteiger partial charge >= 0.3 is 0 Å². The van der Waals surface area contributed by atoms with E-state index in [2.05, 4.69) is 58.7 Å². The van der Waals surface area contributed by atoms with Gasteiger partial charge < -0.3 is 5.32 Å². The van der Waals surface area contributed by atoms with Gasteiger partial charge in [-0.05, 0) is 36.4 Å². The summed E-state index contributed by atoms with van der Waals surface area (Å²) in [7, 11) is 0. The number of rotatable bonds is 9. The number of carbonyl (C=O) groups is 1. The predicted molar refractivity (Wildman–Crippen MR) is 165 cm³/mol. The Balaban J connectivity index is 1.42. The molecule has 41 heavy (non-hydrogen) atoms. The molecule has 6 heteroatoms. The third-order valence-electron chi connectivity index (χ3n) is 6.64. The second-order valence-corrected chi connectivity index (χ2v) is 11.1. The van der Waals surface area contributed by atoms with Crippen LogP contribution in [0, 0.1) is 5.41 Å².